The lowest BCUT2D eigenvalue weighted by Gasteiger charge is -2.33. The monoisotopic (exact) mass is 466 g/mol. The van der Waals surface area contributed by atoms with Crippen LogP contribution in [0.2, 0.25) is 0 Å². The number of hydrogen-bond acceptors (Lipinski definition) is 6. The van der Waals surface area contributed by atoms with Crippen molar-refractivity contribution in [3.05, 3.63) is 81.3 Å². The molecule has 7 nitrogen and oxygen atoms in total. The fourth-order valence-corrected chi connectivity index (χ4v) is 5.31. The molecule has 1 N–H and O–H groups in total. The van der Waals surface area contributed by atoms with E-state index in [9.17, 15) is 14.0 Å². The van der Waals surface area contributed by atoms with Crippen molar-refractivity contribution >= 4 is 23.3 Å². The molecule has 3 aliphatic heterocycles. The van der Waals surface area contributed by atoms with E-state index in [2.05, 4.69) is 5.32 Å². The third-order valence-electron chi connectivity index (χ3n) is 6.22. The van der Waals surface area contributed by atoms with Crippen LogP contribution in [0.15, 0.2) is 53.2 Å². The van der Waals surface area contributed by atoms with Gasteiger partial charge in [-0.05, 0) is 29.6 Å². The van der Waals surface area contributed by atoms with Gasteiger partial charge in [0.25, 0.3) is 5.91 Å². The summed E-state index contributed by atoms with van der Waals surface area (Å²) in [6.45, 7) is 0.344. The molecule has 2 aromatic carbocycles. The minimum Gasteiger partial charge on any atom is -0.493 e. The van der Waals surface area contributed by atoms with Gasteiger partial charge in [0, 0.05) is 34.1 Å². The molecule has 3 amide bonds. The van der Waals surface area contributed by atoms with Gasteiger partial charge in [-0.1, -0.05) is 18.2 Å². The molecule has 3 aliphatic rings. The zero-order chi connectivity index (χ0) is 22.6. The Bertz CT molecular complexity index is 1260. The van der Waals surface area contributed by atoms with Gasteiger partial charge >= 0.3 is 6.03 Å². The van der Waals surface area contributed by atoms with E-state index in [1.54, 1.807) is 18.2 Å². The fraction of sp³-hybridized carbons (Fsp3) is 0.250. The minimum absolute atomic E-state index is 0.119. The van der Waals surface area contributed by atoms with Gasteiger partial charge in [-0.15, -0.1) is 0 Å². The first-order chi connectivity index (χ1) is 16.0. The van der Waals surface area contributed by atoms with Crippen LogP contribution in [0.3, 0.4) is 0 Å². The molecule has 9 heteroatoms. The second kappa shape index (κ2) is 7.57. The summed E-state index contributed by atoms with van der Waals surface area (Å²) in [5.41, 5.74) is 1.24. The molecule has 3 aromatic rings. The molecule has 6 rings (SSSR count). The van der Waals surface area contributed by atoms with E-state index in [1.165, 1.54) is 23.5 Å². The molecule has 2 atom stereocenters. The number of thiophene rings is 1. The average Bonchev–Trinajstić information content (AvgIpc) is 3.43. The van der Waals surface area contributed by atoms with Crippen molar-refractivity contribution in [3.63, 3.8) is 0 Å². The van der Waals surface area contributed by atoms with Crippen LogP contribution in [0.25, 0.3) is 0 Å². The summed E-state index contributed by atoms with van der Waals surface area (Å²) in [4.78, 5) is 27.7. The standard InChI is InChI=1S/C24H19FN2O5S/c25-17-9-15(20-16(10-17)12-31-21(32-20)14-5-8-33-13-14)11-27-22(28)24(26-23(27)29)6-7-30-19-4-2-1-3-18(19)24/h1-5,8-10,13,21H,6-7,11-12H2,(H,26,29)/t21-,24-/m0/s1. The van der Waals surface area contributed by atoms with E-state index in [0.717, 1.165) is 10.5 Å². The third kappa shape index (κ3) is 3.19. The molecule has 0 saturated carbocycles. The van der Waals surface area contributed by atoms with Crippen molar-refractivity contribution < 1.29 is 28.2 Å². The Morgan fingerprint density at radius 3 is 2.94 bits per heavy atom. The van der Waals surface area contributed by atoms with Crippen molar-refractivity contribution in [2.45, 2.75) is 31.4 Å². The second-order valence-corrected chi connectivity index (χ2v) is 8.97. The highest BCUT2D eigenvalue weighted by atomic mass is 32.1. The van der Waals surface area contributed by atoms with E-state index in [-0.39, 0.29) is 19.1 Å². The number of rotatable bonds is 3. The zero-order valence-electron chi connectivity index (χ0n) is 17.4. The molecule has 1 fully saturated rings. The Labute approximate surface area is 192 Å². The fourth-order valence-electron chi connectivity index (χ4n) is 4.65. The number of imide groups is 1. The number of para-hydroxylation sites is 1. The molecule has 1 aromatic heterocycles. The Kier molecular flexibility index (Phi) is 4.63. The summed E-state index contributed by atoms with van der Waals surface area (Å²) >= 11 is 1.52. The number of carbonyl (C=O) groups excluding carboxylic acids is 2. The van der Waals surface area contributed by atoms with Gasteiger partial charge in [-0.25, -0.2) is 9.18 Å². The smallest absolute Gasteiger partial charge is 0.325 e. The summed E-state index contributed by atoms with van der Waals surface area (Å²) in [7, 11) is 0. The predicted molar refractivity (Wildman–Crippen MR) is 116 cm³/mol. The lowest BCUT2D eigenvalue weighted by molar-refractivity contribution is -0.133. The summed E-state index contributed by atoms with van der Waals surface area (Å²) < 4.78 is 31.9. The van der Waals surface area contributed by atoms with Crippen molar-refractivity contribution in [1.29, 1.82) is 0 Å². The van der Waals surface area contributed by atoms with Crippen LogP contribution in [0.1, 0.15) is 35.0 Å². The molecular weight excluding hydrogens is 447 g/mol. The highest BCUT2D eigenvalue weighted by molar-refractivity contribution is 7.07. The average molecular weight is 466 g/mol. The molecular formula is C24H19FN2O5S. The van der Waals surface area contributed by atoms with Gasteiger partial charge < -0.3 is 19.5 Å². The minimum atomic E-state index is -1.19. The lowest BCUT2D eigenvalue weighted by Crippen LogP contribution is -2.47. The number of carbonyl (C=O) groups is 2. The summed E-state index contributed by atoms with van der Waals surface area (Å²) in [6.07, 6.45) is -0.318. The maximum atomic E-state index is 14.4. The number of fused-ring (bicyclic) bond motifs is 3. The summed E-state index contributed by atoms with van der Waals surface area (Å²) in [6, 6.07) is 11.2. The molecule has 1 saturated heterocycles. The van der Waals surface area contributed by atoms with Crippen molar-refractivity contribution in [2.75, 3.05) is 6.61 Å². The van der Waals surface area contributed by atoms with E-state index in [4.69, 9.17) is 14.2 Å². The molecule has 168 valence electrons. The first-order valence-corrected chi connectivity index (χ1v) is 11.5. The van der Waals surface area contributed by atoms with E-state index in [0.29, 0.717) is 41.2 Å². The van der Waals surface area contributed by atoms with Crippen LogP contribution >= 0.6 is 11.3 Å². The molecule has 1 spiro atoms. The van der Waals surface area contributed by atoms with Gasteiger partial charge in [0.15, 0.2) is 5.54 Å². The molecule has 0 radical (unpaired) electrons. The van der Waals surface area contributed by atoms with Crippen LogP contribution in [-0.4, -0.2) is 23.4 Å². The van der Waals surface area contributed by atoms with Gasteiger partial charge in [0.05, 0.1) is 19.8 Å². The van der Waals surface area contributed by atoms with Crippen molar-refractivity contribution in [2.24, 2.45) is 0 Å². The number of nitrogens with zero attached hydrogens (tertiary/aromatic N) is 1. The van der Waals surface area contributed by atoms with Crippen LogP contribution in [0.5, 0.6) is 11.5 Å². The molecule has 0 bridgehead atoms. The maximum absolute atomic E-state index is 14.4. The molecule has 0 unspecified atom stereocenters. The van der Waals surface area contributed by atoms with Crippen LogP contribution < -0.4 is 14.8 Å². The summed E-state index contributed by atoms with van der Waals surface area (Å²) in [5, 5.41) is 6.71. The molecule has 33 heavy (non-hydrogen) atoms. The second-order valence-electron chi connectivity index (χ2n) is 8.19. The van der Waals surface area contributed by atoms with Gasteiger partial charge in [-0.2, -0.15) is 11.3 Å². The normalized spacial score (nSPS) is 23.5. The van der Waals surface area contributed by atoms with Gasteiger partial charge in [0.1, 0.15) is 17.3 Å². The Balaban J connectivity index is 1.34. The zero-order valence-corrected chi connectivity index (χ0v) is 18.2. The van der Waals surface area contributed by atoms with Gasteiger partial charge in [0.2, 0.25) is 6.29 Å². The number of amides is 3. The van der Waals surface area contributed by atoms with Crippen LogP contribution in [0, 0.1) is 5.82 Å². The molecule has 0 aliphatic carbocycles. The van der Waals surface area contributed by atoms with E-state index in [1.807, 2.05) is 22.9 Å². The number of nitrogens with one attached hydrogen (secondary N) is 1. The number of halogens is 1. The quantitative estimate of drug-likeness (QED) is 0.585. The SMILES string of the molecule is O=C1N[C@]2(CCOc3ccccc32)C(=O)N1Cc1cc(F)cc2c1O[C@@H](c1ccsc1)OC2. The number of hydrogen-bond donors (Lipinski definition) is 1. The number of benzene rings is 2. The largest absolute Gasteiger partial charge is 0.493 e. The first-order valence-electron chi connectivity index (χ1n) is 10.5. The maximum Gasteiger partial charge on any atom is 0.325 e. The van der Waals surface area contributed by atoms with E-state index < -0.39 is 23.7 Å². The molecule has 4 heterocycles. The highest BCUT2D eigenvalue weighted by Crippen LogP contribution is 2.43. The lowest BCUT2D eigenvalue weighted by atomic mass is 9.84. The summed E-state index contributed by atoms with van der Waals surface area (Å²) in [5.74, 6) is 0.139. The number of ether oxygens (including phenoxy) is 3. The predicted octanol–water partition coefficient (Wildman–Crippen LogP) is 4.22. The Morgan fingerprint density at radius 1 is 1.21 bits per heavy atom. The van der Waals surface area contributed by atoms with Crippen molar-refractivity contribution in [1.82, 2.24) is 10.2 Å². The number of urea groups is 1. The van der Waals surface area contributed by atoms with Crippen molar-refractivity contribution in [3.8, 4) is 11.5 Å². The van der Waals surface area contributed by atoms with E-state index >= 15 is 0 Å². The van der Waals surface area contributed by atoms with Crippen LogP contribution in [-0.2, 0) is 28.2 Å². The van der Waals surface area contributed by atoms with Crippen LogP contribution in [0.4, 0.5) is 9.18 Å². The van der Waals surface area contributed by atoms with Gasteiger partial charge in [-0.3, -0.25) is 9.69 Å². The highest BCUT2D eigenvalue weighted by Gasteiger charge is 2.55. The first kappa shape index (κ1) is 20.2. The third-order valence-corrected chi connectivity index (χ3v) is 6.93. The Morgan fingerprint density at radius 2 is 2.09 bits per heavy atom. The Hall–Kier alpha value is -3.43. The topological polar surface area (TPSA) is 77.1 Å².